The summed E-state index contributed by atoms with van der Waals surface area (Å²) in [5, 5.41) is 5.93. The number of carbonyl (C=O) groups excluding carboxylic acids is 1. The highest BCUT2D eigenvalue weighted by atomic mass is 35.5. The van der Waals surface area contributed by atoms with E-state index in [2.05, 4.69) is 10.1 Å². The molecule has 2 aromatic heterocycles. The van der Waals surface area contributed by atoms with Crippen LogP contribution in [0.2, 0.25) is 10.0 Å². The zero-order valence-electron chi connectivity index (χ0n) is 13.4. The highest BCUT2D eigenvalue weighted by Gasteiger charge is 2.19. The van der Waals surface area contributed by atoms with E-state index >= 15 is 0 Å². The molecule has 0 unspecified atom stereocenters. The second kappa shape index (κ2) is 6.42. The highest BCUT2D eigenvalue weighted by Crippen LogP contribution is 2.25. The van der Waals surface area contributed by atoms with Crippen molar-refractivity contribution in [2.45, 2.75) is 20.5 Å². The predicted octanol–water partition coefficient (Wildman–Crippen LogP) is 4.25. The zero-order chi connectivity index (χ0) is 17.4. The van der Waals surface area contributed by atoms with E-state index in [-0.39, 0.29) is 6.61 Å². The Morgan fingerprint density at radius 3 is 2.67 bits per heavy atom. The van der Waals surface area contributed by atoms with Crippen LogP contribution in [-0.2, 0) is 18.4 Å². The maximum Gasteiger partial charge on any atom is 0.339 e. The molecule has 7 heteroatoms. The molecule has 5 nitrogen and oxygen atoms in total. The van der Waals surface area contributed by atoms with Gasteiger partial charge in [0.2, 0.25) is 0 Å². The number of aromatic nitrogens is 3. The summed E-state index contributed by atoms with van der Waals surface area (Å²) in [5.74, 6) is -0.423. The van der Waals surface area contributed by atoms with Crippen molar-refractivity contribution in [1.82, 2.24) is 14.8 Å². The third kappa shape index (κ3) is 3.09. The molecule has 0 N–H and O–H groups in total. The van der Waals surface area contributed by atoms with E-state index < -0.39 is 5.97 Å². The number of carbonyl (C=O) groups is 1. The van der Waals surface area contributed by atoms with E-state index in [1.165, 1.54) is 0 Å². The van der Waals surface area contributed by atoms with Crippen LogP contribution in [0.25, 0.3) is 11.0 Å². The van der Waals surface area contributed by atoms with Gasteiger partial charge in [0.25, 0.3) is 0 Å². The van der Waals surface area contributed by atoms with Crippen molar-refractivity contribution in [2.24, 2.45) is 7.05 Å². The number of pyridine rings is 1. The summed E-state index contributed by atoms with van der Waals surface area (Å²) in [6.07, 6.45) is 0. The van der Waals surface area contributed by atoms with Gasteiger partial charge in [-0.2, -0.15) is 5.10 Å². The minimum atomic E-state index is -0.423. The number of nitrogens with zero attached hydrogens (tertiary/aromatic N) is 3. The van der Waals surface area contributed by atoms with Crippen molar-refractivity contribution in [3.63, 3.8) is 0 Å². The summed E-state index contributed by atoms with van der Waals surface area (Å²) in [4.78, 5) is 17.0. The van der Waals surface area contributed by atoms with Gasteiger partial charge in [-0.1, -0.05) is 29.3 Å². The molecular weight excluding hydrogens is 349 g/mol. The highest BCUT2D eigenvalue weighted by molar-refractivity contribution is 6.42. The molecule has 3 aromatic rings. The van der Waals surface area contributed by atoms with Crippen LogP contribution in [0.1, 0.15) is 27.3 Å². The number of ether oxygens (including phenoxy) is 1. The molecule has 0 saturated heterocycles. The van der Waals surface area contributed by atoms with Gasteiger partial charge in [0, 0.05) is 12.7 Å². The number of aryl methyl sites for hydroxylation is 3. The molecule has 3 rings (SSSR count). The maximum absolute atomic E-state index is 12.6. The molecule has 0 saturated carbocycles. The van der Waals surface area contributed by atoms with Crippen molar-refractivity contribution in [3.8, 4) is 0 Å². The van der Waals surface area contributed by atoms with Crippen molar-refractivity contribution in [1.29, 1.82) is 0 Å². The Hall–Kier alpha value is -2.11. The first kappa shape index (κ1) is 16.7. The standard InChI is InChI=1S/C17H15Cl2N3O2/c1-9-6-12(15-10(2)21-22(3)16(15)20-9)17(23)24-8-11-4-5-13(18)14(19)7-11/h4-7H,8H2,1-3H3. The largest absolute Gasteiger partial charge is 0.457 e. The van der Waals surface area contributed by atoms with Crippen LogP contribution in [0.15, 0.2) is 24.3 Å². The molecule has 0 bridgehead atoms. The zero-order valence-corrected chi connectivity index (χ0v) is 14.9. The number of hydrogen-bond donors (Lipinski definition) is 0. The number of hydrogen-bond acceptors (Lipinski definition) is 4. The first-order valence-electron chi connectivity index (χ1n) is 7.29. The SMILES string of the molecule is Cc1cc(C(=O)OCc2ccc(Cl)c(Cl)c2)c2c(C)nn(C)c2n1. The Labute approximate surface area is 149 Å². The molecule has 0 fully saturated rings. The molecular formula is C17H15Cl2N3O2. The molecule has 1 aromatic carbocycles. The summed E-state index contributed by atoms with van der Waals surface area (Å²) in [6.45, 7) is 3.78. The van der Waals surface area contributed by atoms with Crippen LogP contribution in [0.5, 0.6) is 0 Å². The van der Waals surface area contributed by atoms with Gasteiger partial charge in [0.1, 0.15) is 6.61 Å². The van der Waals surface area contributed by atoms with E-state index in [0.29, 0.717) is 26.6 Å². The molecule has 2 heterocycles. The third-order valence-corrected chi connectivity index (χ3v) is 4.41. The summed E-state index contributed by atoms with van der Waals surface area (Å²) >= 11 is 11.9. The second-order valence-electron chi connectivity index (χ2n) is 5.54. The van der Waals surface area contributed by atoms with Crippen LogP contribution in [-0.4, -0.2) is 20.7 Å². The molecule has 0 spiro atoms. The molecule has 0 aliphatic carbocycles. The second-order valence-corrected chi connectivity index (χ2v) is 6.36. The van der Waals surface area contributed by atoms with Gasteiger partial charge in [-0.15, -0.1) is 0 Å². The summed E-state index contributed by atoms with van der Waals surface area (Å²) in [5.41, 5.74) is 3.35. The fourth-order valence-corrected chi connectivity index (χ4v) is 2.91. The Kier molecular flexibility index (Phi) is 4.47. The predicted molar refractivity (Wildman–Crippen MR) is 93.6 cm³/mol. The van der Waals surface area contributed by atoms with Gasteiger partial charge in [-0.05, 0) is 37.6 Å². The molecule has 24 heavy (non-hydrogen) atoms. The Morgan fingerprint density at radius 1 is 1.21 bits per heavy atom. The smallest absolute Gasteiger partial charge is 0.339 e. The summed E-state index contributed by atoms with van der Waals surface area (Å²) in [7, 11) is 1.80. The van der Waals surface area contributed by atoms with Crippen LogP contribution >= 0.6 is 23.2 Å². The quantitative estimate of drug-likeness (QED) is 0.652. The lowest BCUT2D eigenvalue weighted by molar-refractivity contribution is 0.0475. The van der Waals surface area contributed by atoms with Gasteiger partial charge in [-0.3, -0.25) is 4.68 Å². The van der Waals surface area contributed by atoms with Crippen LogP contribution in [0.3, 0.4) is 0 Å². The topological polar surface area (TPSA) is 57.0 Å². The third-order valence-electron chi connectivity index (χ3n) is 3.67. The fourth-order valence-electron chi connectivity index (χ4n) is 2.59. The van der Waals surface area contributed by atoms with E-state index in [1.807, 2.05) is 13.8 Å². The normalized spacial score (nSPS) is 11.0. The van der Waals surface area contributed by atoms with Crippen molar-refractivity contribution < 1.29 is 9.53 Å². The van der Waals surface area contributed by atoms with Gasteiger partial charge >= 0.3 is 5.97 Å². The van der Waals surface area contributed by atoms with E-state index in [4.69, 9.17) is 27.9 Å². The van der Waals surface area contributed by atoms with Gasteiger partial charge in [0.05, 0.1) is 26.7 Å². The maximum atomic E-state index is 12.6. The first-order chi connectivity index (χ1) is 11.4. The van der Waals surface area contributed by atoms with Crippen molar-refractivity contribution in [3.05, 3.63) is 56.8 Å². The van der Waals surface area contributed by atoms with Gasteiger partial charge < -0.3 is 4.74 Å². The molecule has 0 aliphatic heterocycles. The van der Waals surface area contributed by atoms with E-state index in [0.717, 1.165) is 17.0 Å². The number of fused-ring (bicyclic) bond motifs is 1. The number of rotatable bonds is 3. The molecule has 0 amide bonds. The lowest BCUT2D eigenvalue weighted by Crippen LogP contribution is -2.07. The van der Waals surface area contributed by atoms with Crippen molar-refractivity contribution >= 4 is 40.2 Å². The molecule has 0 radical (unpaired) electrons. The molecule has 0 aliphatic rings. The number of halogens is 2. The summed E-state index contributed by atoms with van der Waals surface area (Å²) < 4.78 is 7.09. The fraction of sp³-hybridized carbons (Fsp3) is 0.235. The summed E-state index contributed by atoms with van der Waals surface area (Å²) in [6, 6.07) is 6.84. The number of esters is 1. The van der Waals surface area contributed by atoms with Gasteiger partial charge in [-0.25, -0.2) is 9.78 Å². The Morgan fingerprint density at radius 2 is 1.96 bits per heavy atom. The number of benzene rings is 1. The van der Waals surface area contributed by atoms with E-state index in [9.17, 15) is 4.79 Å². The van der Waals surface area contributed by atoms with E-state index in [1.54, 1.807) is 36.0 Å². The minimum absolute atomic E-state index is 0.109. The Balaban J connectivity index is 1.90. The minimum Gasteiger partial charge on any atom is -0.457 e. The Bertz CT molecular complexity index is 951. The van der Waals surface area contributed by atoms with Crippen LogP contribution in [0.4, 0.5) is 0 Å². The van der Waals surface area contributed by atoms with Crippen LogP contribution in [0, 0.1) is 13.8 Å². The molecule has 124 valence electrons. The van der Waals surface area contributed by atoms with Gasteiger partial charge in [0.15, 0.2) is 5.65 Å². The van der Waals surface area contributed by atoms with Crippen LogP contribution < -0.4 is 0 Å². The average molecular weight is 364 g/mol. The van der Waals surface area contributed by atoms with Crippen molar-refractivity contribution in [2.75, 3.05) is 0 Å². The molecule has 0 atom stereocenters. The monoisotopic (exact) mass is 363 g/mol. The average Bonchev–Trinajstić information content (AvgIpc) is 2.82. The lowest BCUT2D eigenvalue weighted by atomic mass is 10.1. The lowest BCUT2D eigenvalue weighted by Gasteiger charge is -2.08. The first-order valence-corrected chi connectivity index (χ1v) is 8.04.